The molecular formula is C25H24N6O2. The Kier molecular flexibility index (Phi) is 5.56. The Balaban J connectivity index is 1.53. The number of aryl methyl sites for hydroxylation is 1. The number of nitrogens with one attached hydrogen (secondary N) is 1. The molecule has 8 nitrogen and oxygen atoms in total. The number of ether oxygens (including phenoxy) is 1. The van der Waals surface area contributed by atoms with Gasteiger partial charge in [-0.1, -0.05) is 49.4 Å². The van der Waals surface area contributed by atoms with E-state index in [4.69, 9.17) is 4.74 Å². The highest BCUT2D eigenvalue weighted by Gasteiger charge is 2.33. The third-order valence-electron chi connectivity index (χ3n) is 5.66. The minimum atomic E-state index is -0.118. The number of hydrogen-bond acceptors (Lipinski definition) is 6. The zero-order valence-electron chi connectivity index (χ0n) is 18.5. The standard InChI is InChI=1S/C25H24N6O2/c1-3-13-33-19-11-9-17(10-12-19)20-14-22(32)28-24-23(20)16(2)30-31(24)25-27-21(15-26-29-25)18-7-5-4-6-8-18/h4-12,15,20H,3,13-14H2,1-2H3,(H,28,32). The maximum Gasteiger partial charge on any atom is 0.272 e. The van der Waals surface area contributed by atoms with E-state index in [-0.39, 0.29) is 11.8 Å². The van der Waals surface area contributed by atoms with Gasteiger partial charge in [-0.3, -0.25) is 4.79 Å². The highest BCUT2D eigenvalue weighted by Crippen LogP contribution is 2.40. The van der Waals surface area contributed by atoms with E-state index >= 15 is 0 Å². The molecule has 2 aromatic heterocycles. The van der Waals surface area contributed by atoms with Gasteiger partial charge in [-0.2, -0.15) is 14.9 Å². The molecule has 4 aromatic rings. The molecule has 166 valence electrons. The highest BCUT2D eigenvalue weighted by molar-refractivity contribution is 5.95. The van der Waals surface area contributed by atoms with Crippen molar-refractivity contribution >= 4 is 11.7 Å². The van der Waals surface area contributed by atoms with E-state index in [1.807, 2.05) is 61.5 Å². The molecule has 33 heavy (non-hydrogen) atoms. The van der Waals surface area contributed by atoms with Crippen LogP contribution in [0, 0.1) is 6.92 Å². The average molecular weight is 441 g/mol. The molecule has 0 saturated heterocycles. The summed E-state index contributed by atoms with van der Waals surface area (Å²) in [5, 5.41) is 16.0. The predicted octanol–water partition coefficient (Wildman–Crippen LogP) is 4.30. The minimum Gasteiger partial charge on any atom is -0.494 e. The molecule has 0 fully saturated rings. The van der Waals surface area contributed by atoms with Crippen LogP contribution in [0.3, 0.4) is 0 Å². The second-order valence-electron chi connectivity index (χ2n) is 7.99. The molecule has 1 unspecified atom stereocenters. The van der Waals surface area contributed by atoms with Crippen LogP contribution in [0.25, 0.3) is 17.2 Å². The van der Waals surface area contributed by atoms with E-state index < -0.39 is 0 Å². The molecule has 1 aliphatic heterocycles. The van der Waals surface area contributed by atoms with Crippen molar-refractivity contribution in [2.24, 2.45) is 0 Å². The van der Waals surface area contributed by atoms with Gasteiger partial charge in [0.2, 0.25) is 5.91 Å². The van der Waals surface area contributed by atoms with Gasteiger partial charge in [0.05, 0.1) is 24.2 Å². The van der Waals surface area contributed by atoms with Crippen molar-refractivity contribution in [3.8, 4) is 23.0 Å². The lowest BCUT2D eigenvalue weighted by molar-refractivity contribution is -0.116. The van der Waals surface area contributed by atoms with Crippen molar-refractivity contribution in [2.45, 2.75) is 32.6 Å². The third-order valence-corrected chi connectivity index (χ3v) is 5.66. The Morgan fingerprint density at radius 3 is 2.67 bits per heavy atom. The Morgan fingerprint density at radius 1 is 1.12 bits per heavy atom. The predicted molar refractivity (Wildman–Crippen MR) is 124 cm³/mol. The maximum atomic E-state index is 12.7. The monoisotopic (exact) mass is 440 g/mol. The maximum absolute atomic E-state index is 12.7. The lowest BCUT2D eigenvalue weighted by Gasteiger charge is -2.24. The molecule has 0 saturated carbocycles. The first-order valence-corrected chi connectivity index (χ1v) is 11.0. The summed E-state index contributed by atoms with van der Waals surface area (Å²) in [6.07, 6.45) is 2.91. The number of hydrogen-bond donors (Lipinski definition) is 1. The van der Waals surface area contributed by atoms with Crippen molar-refractivity contribution in [3.05, 3.63) is 77.6 Å². The van der Waals surface area contributed by atoms with Crippen molar-refractivity contribution < 1.29 is 9.53 Å². The van der Waals surface area contributed by atoms with Crippen molar-refractivity contribution in [1.82, 2.24) is 25.0 Å². The number of carbonyl (C=O) groups is 1. The van der Waals surface area contributed by atoms with E-state index in [0.29, 0.717) is 30.5 Å². The summed E-state index contributed by atoms with van der Waals surface area (Å²) >= 11 is 0. The molecule has 3 heterocycles. The molecule has 8 heteroatoms. The number of carbonyl (C=O) groups excluding carboxylic acids is 1. The number of aromatic nitrogens is 5. The number of rotatable bonds is 6. The van der Waals surface area contributed by atoms with Gasteiger partial charge < -0.3 is 10.1 Å². The fraction of sp³-hybridized carbons (Fsp3) is 0.240. The third kappa shape index (κ3) is 4.07. The molecule has 0 bridgehead atoms. The molecule has 1 atom stereocenters. The van der Waals surface area contributed by atoms with Crippen LogP contribution in [0.4, 0.5) is 5.82 Å². The van der Waals surface area contributed by atoms with Crippen molar-refractivity contribution in [3.63, 3.8) is 0 Å². The molecule has 0 radical (unpaired) electrons. The molecule has 0 aliphatic carbocycles. The molecular weight excluding hydrogens is 416 g/mol. The van der Waals surface area contributed by atoms with E-state index in [2.05, 4.69) is 32.5 Å². The largest absolute Gasteiger partial charge is 0.494 e. The summed E-state index contributed by atoms with van der Waals surface area (Å²) in [5.74, 6) is 1.53. The van der Waals surface area contributed by atoms with Gasteiger partial charge in [0.25, 0.3) is 5.95 Å². The van der Waals surface area contributed by atoms with E-state index in [9.17, 15) is 4.79 Å². The molecule has 5 rings (SSSR count). The van der Waals surface area contributed by atoms with Gasteiger partial charge in [0, 0.05) is 23.5 Å². The summed E-state index contributed by atoms with van der Waals surface area (Å²) < 4.78 is 7.28. The number of anilines is 1. The quantitative estimate of drug-likeness (QED) is 0.480. The lowest BCUT2D eigenvalue weighted by Crippen LogP contribution is -2.25. The van der Waals surface area contributed by atoms with E-state index in [0.717, 1.165) is 34.6 Å². The second kappa shape index (κ2) is 8.82. The average Bonchev–Trinajstić information content (AvgIpc) is 3.19. The summed E-state index contributed by atoms with van der Waals surface area (Å²) in [7, 11) is 0. The van der Waals surface area contributed by atoms with E-state index in [1.54, 1.807) is 10.9 Å². The molecule has 1 amide bonds. The van der Waals surface area contributed by atoms with Gasteiger partial charge in [-0.15, -0.1) is 5.10 Å². The van der Waals surface area contributed by atoms with Crippen molar-refractivity contribution in [1.29, 1.82) is 0 Å². The summed E-state index contributed by atoms with van der Waals surface area (Å²) in [6.45, 7) is 4.69. The minimum absolute atomic E-state index is 0.0767. The second-order valence-corrected chi connectivity index (χ2v) is 7.99. The topological polar surface area (TPSA) is 94.8 Å². The first-order chi connectivity index (χ1) is 16.1. The Hall–Kier alpha value is -4.07. The summed E-state index contributed by atoms with van der Waals surface area (Å²) in [6, 6.07) is 17.7. The van der Waals surface area contributed by atoms with Gasteiger partial charge in [0.1, 0.15) is 11.6 Å². The molecule has 0 spiro atoms. The van der Waals surface area contributed by atoms with Crippen LogP contribution < -0.4 is 10.1 Å². The number of nitrogens with zero attached hydrogens (tertiary/aromatic N) is 5. The smallest absolute Gasteiger partial charge is 0.272 e. The van der Waals surface area contributed by atoms with Gasteiger partial charge in [-0.25, -0.2) is 4.98 Å². The lowest BCUT2D eigenvalue weighted by atomic mass is 9.86. The van der Waals surface area contributed by atoms with Crippen LogP contribution in [-0.2, 0) is 4.79 Å². The number of benzene rings is 2. The van der Waals surface area contributed by atoms with Crippen LogP contribution in [0.1, 0.15) is 42.5 Å². The Labute approximate surface area is 191 Å². The first kappa shape index (κ1) is 20.8. The van der Waals surface area contributed by atoms with Crippen LogP contribution in [0.15, 0.2) is 60.8 Å². The highest BCUT2D eigenvalue weighted by atomic mass is 16.5. The normalized spacial score (nSPS) is 15.1. The fourth-order valence-corrected chi connectivity index (χ4v) is 4.12. The Bertz CT molecular complexity index is 1280. The van der Waals surface area contributed by atoms with Crippen LogP contribution in [0.2, 0.25) is 0 Å². The van der Waals surface area contributed by atoms with Gasteiger partial charge in [0.15, 0.2) is 0 Å². The fourth-order valence-electron chi connectivity index (χ4n) is 4.12. The SMILES string of the molecule is CCCOc1ccc(C2CC(=O)Nc3c2c(C)nn3-c2nncc(-c3ccccc3)n2)cc1. The zero-order valence-corrected chi connectivity index (χ0v) is 18.5. The molecule has 1 N–H and O–H groups in total. The van der Waals surface area contributed by atoms with E-state index in [1.165, 1.54) is 0 Å². The van der Waals surface area contributed by atoms with Crippen molar-refractivity contribution in [2.75, 3.05) is 11.9 Å². The van der Waals surface area contributed by atoms with Crippen LogP contribution in [-0.4, -0.2) is 37.5 Å². The molecule has 2 aromatic carbocycles. The summed E-state index contributed by atoms with van der Waals surface area (Å²) in [4.78, 5) is 17.3. The van der Waals surface area contributed by atoms with Gasteiger partial charge in [-0.05, 0) is 31.0 Å². The zero-order chi connectivity index (χ0) is 22.8. The van der Waals surface area contributed by atoms with Gasteiger partial charge >= 0.3 is 0 Å². The van der Waals surface area contributed by atoms with Crippen LogP contribution >= 0.6 is 0 Å². The summed E-state index contributed by atoms with van der Waals surface area (Å²) in [5.41, 5.74) is 4.43. The number of fused-ring (bicyclic) bond motifs is 1. The Morgan fingerprint density at radius 2 is 1.91 bits per heavy atom. The number of amides is 1. The van der Waals surface area contributed by atoms with Crippen LogP contribution in [0.5, 0.6) is 5.75 Å². The molecule has 1 aliphatic rings. The first-order valence-electron chi connectivity index (χ1n) is 11.0.